The lowest BCUT2D eigenvalue weighted by Gasteiger charge is -2.30. The number of hydrogen-bond donors (Lipinski definition) is 0. The minimum atomic E-state index is -0.238. The van der Waals surface area contributed by atoms with E-state index in [0.29, 0.717) is 30.0 Å². The molecule has 3 amide bonds. The second-order valence-corrected chi connectivity index (χ2v) is 8.24. The fraction of sp³-hybridized carbons (Fsp3) is 0.500. The van der Waals surface area contributed by atoms with Crippen LogP contribution >= 0.6 is 0 Å². The maximum absolute atomic E-state index is 12.8. The molecule has 5 nitrogen and oxygen atoms in total. The highest BCUT2D eigenvalue weighted by molar-refractivity contribution is 6.22. The summed E-state index contributed by atoms with van der Waals surface area (Å²) in [6.45, 7) is 5.81. The molecular weight excluding hydrogens is 340 g/mol. The van der Waals surface area contributed by atoms with Crippen molar-refractivity contribution in [2.75, 3.05) is 18.0 Å². The average molecular weight is 366 g/mol. The van der Waals surface area contributed by atoms with Crippen molar-refractivity contribution in [1.29, 1.82) is 0 Å². The van der Waals surface area contributed by atoms with E-state index < -0.39 is 0 Å². The highest BCUT2D eigenvalue weighted by atomic mass is 16.2. The standard InChI is InChI=1S/C22H26N2O3/c1-14-9-11-23(12-10-14)20(25)16-4-6-17(7-5-16)24-21(26)18-8-3-15(2)13-19(18)22(24)27/h3-7,14,18-19H,8-13H2,1-2H3/t18-,19-/m1/s1. The van der Waals surface area contributed by atoms with Crippen LogP contribution in [-0.4, -0.2) is 35.7 Å². The summed E-state index contributed by atoms with van der Waals surface area (Å²) in [5, 5.41) is 0. The first-order valence-electron chi connectivity index (χ1n) is 9.88. The molecule has 142 valence electrons. The third kappa shape index (κ3) is 3.20. The molecule has 5 heteroatoms. The van der Waals surface area contributed by atoms with Gasteiger partial charge in [-0.2, -0.15) is 0 Å². The molecule has 0 radical (unpaired) electrons. The Labute approximate surface area is 160 Å². The van der Waals surface area contributed by atoms with Gasteiger partial charge >= 0.3 is 0 Å². The van der Waals surface area contributed by atoms with Gasteiger partial charge in [-0.25, -0.2) is 0 Å². The zero-order valence-electron chi connectivity index (χ0n) is 16.0. The second-order valence-electron chi connectivity index (χ2n) is 8.24. The summed E-state index contributed by atoms with van der Waals surface area (Å²) in [4.78, 5) is 41.4. The molecule has 0 bridgehead atoms. The van der Waals surface area contributed by atoms with Crippen molar-refractivity contribution < 1.29 is 14.4 Å². The molecule has 4 rings (SSSR count). The minimum Gasteiger partial charge on any atom is -0.339 e. The number of piperidine rings is 1. The van der Waals surface area contributed by atoms with Gasteiger partial charge in [-0.15, -0.1) is 0 Å². The highest BCUT2D eigenvalue weighted by Gasteiger charge is 2.48. The predicted molar refractivity (Wildman–Crippen MR) is 103 cm³/mol. The third-order valence-electron chi connectivity index (χ3n) is 6.27. The molecule has 0 N–H and O–H groups in total. The van der Waals surface area contributed by atoms with Gasteiger partial charge in [0.1, 0.15) is 0 Å². The first-order valence-corrected chi connectivity index (χ1v) is 9.88. The minimum absolute atomic E-state index is 0.0287. The smallest absolute Gasteiger partial charge is 0.253 e. The second kappa shape index (κ2) is 6.95. The molecule has 2 atom stereocenters. The maximum Gasteiger partial charge on any atom is 0.253 e. The number of amides is 3. The number of allylic oxidation sites excluding steroid dienone is 2. The Hall–Kier alpha value is -2.43. The van der Waals surface area contributed by atoms with Crippen LogP contribution in [0.3, 0.4) is 0 Å². The highest BCUT2D eigenvalue weighted by Crippen LogP contribution is 2.39. The van der Waals surface area contributed by atoms with Gasteiger partial charge in [-0.3, -0.25) is 19.3 Å². The number of benzene rings is 1. The summed E-state index contributed by atoms with van der Waals surface area (Å²) in [5.41, 5.74) is 2.36. The van der Waals surface area contributed by atoms with Crippen LogP contribution in [0, 0.1) is 17.8 Å². The number of hydrogen-bond acceptors (Lipinski definition) is 3. The van der Waals surface area contributed by atoms with Crippen LogP contribution in [0.25, 0.3) is 0 Å². The Kier molecular flexibility index (Phi) is 4.62. The molecule has 2 aliphatic heterocycles. The zero-order valence-corrected chi connectivity index (χ0v) is 16.0. The van der Waals surface area contributed by atoms with Crippen molar-refractivity contribution in [3.05, 3.63) is 41.5 Å². The van der Waals surface area contributed by atoms with E-state index in [1.807, 2.05) is 11.8 Å². The number of imide groups is 1. The molecular formula is C22H26N2O3. The first kappa shape index (κ1) is 18.0. The van der Waals surface area contributed by atoms with Crippen molar-refractivity contribution in [3.8, 4) is 0 Å². The number of carbonyl (C=O) groups is 3. The number of fused-ring (bicyclic) bond motifs is 1. The van der Waals surface area contributed by atoms with Gasteiger partial charge in [0.2, 0.25) is 11.8 Å². The molecule has 2 heterocycles. The lowest BCUT2D eigenvalue weighted by atomic mass is 9.82. The van der Waals surface area contributed by atoms with E-state index in [4.69, 9.17) is 0 Å². The Bertz CT molecular complexity index is 803. The van der Waals surface area contributed by atoms with Gasteiger partial charge in [0.05, 0.1) is 17.5 Å². The Morgan fingerprint density at radius 1 is 1.00 bits per heavy atom. The summed E-state index contributed by atoms with van der Waals surface area (Å²) < 4.78 is 0. The summed E-state index contributed by atoms with van der Waals surface area (Å²) in [5.74, 6) is 0.00248. The third-order valence-corrected chi connectivity index (χ3v) is 6.27. The van der Waals surface area contributed by atoms with Crippen molar-refractivity contribution in [1.82, 2.24) is 4.90 Å². The molecule has 0 spiro atoms. The molecule has 0 unspecified atom stereocenters. The predicted octanol–water partition coefficient (Wildman–Crippen LogP) is 3.40. The summed E-state index contributed by atoms with van der Waals surface area (Å²) in [6.07, 6.45) is 5.45. The number of likely N-dealkylation sites (tertiary alicyclic amines) is 1. The monoisotopic (exact) mass is 366 g/mol. The van der Waals surface area contributed by atoms with Crippen molar-refractivity contribution in [2.45, 2.75) is 39.5 Å². The molecule has 1 aliphatic carbocycles. The molecule has 2 saturated heterocycles. The van der Waals surface area contributed by atoms with Crippen molar-refractivity contribution in [3.63, 3.8) is 0 Å². The van der Waals surface area contributed by atoms with Gasteiger partial charge in [0, 0.05) is 18.7 Å². The molecule has 0 aromatic heterocycles. The average Bonchev–Trinajstić information content (AvgIpc) is 2.92. The summed E-state index contributed by atoms with van der Waals surface area (Å²) in [7, 11) is 0. The Balaban J connectivity index is 1.50. The summed E-state index contributed by atoms with van der Waals surface area (Å²) in [6, 6.07) is 6.93. The van der Waals surface area contributed by atoms with Crippen LogP contribution in [0.15, 0.2) is 35.9 Å². The molecule has 1 aromatic carbocycles. The van der Waals surface area contributed by atoms with E-state index in [1.54, 1.807) is 24.3 Å². The van der Waals surface area contributed by atoms with Crippen LogP contribution in [-0.2, 0) is 9.59 Å². The molecule has 27 heavy (non-hydrogen) atoms. The Morgan fingerprint density at radius 2 is 1.63 bits per heavy atom. The van der Waals surface area contributed by atoms with E-state index >= 15 is 0 Å². The number of rotatable bonds is 2. The molecule has 3 aliphatic rings. The number of nitrogens with zero attached hydrogens (tertiary/aromatic N) is 2. The molecule has 0 saturated carbocycles. The van der Waals surface area contributed by atoms with Crippen LogP contribution in [0.5, 0.6) is 0 Å². The van der Waals surface area contributed by atoms with Gasteiger partial charge in [0.15, 0.2) is 0 Å². The topological polar surface area (TPSA) is 57.7 Å². The van der Waals surface area contributed by atoms with Crippen LogP contribution in [0.2, 0.25) is 0 Å². The summed E-state index contributed by atoms with van der Waals surface area (Å²) >= 11 is 0. The lowest BCUT2D eigenvalue weighted by molar-refractivity contribution is -0.122. The van der Waals surface area contributed by atoms with E-state index in [-0.39, 0.29) is 29.6 Å². The zero-order chi connectivity index (χ0) is 19.1. The fourth-order valence-corrected chi connectivity index (χ4v) is 4.44. The Morgan fingerprint density at radius 3 is 2.30 bits per heavy atom. The first-order chi connectivity index (χ1) is 13.0. The number of carbonyl (C=O) groups excluding carboxylic acids is 3. The fourth-order valence-electron chi connectivity index (χ4n) is 4.44. The maximum atomic E-state index is 12.8. The van der Waals surface area contributed by atoms with E-state index in [1.165, 1.54) is 10.5 Å². The largest absolute Gasteiger partial charge is 0.339 e. The van der Waals surface area contributed by atoms with Crippen molar-refractivity contribution >= 4 is 23.4 Å². The molecule has 1 aromatic rings. The number of anilines is 1. The van der Waals surface area contributed by atoms with E-state index in [9.17, 15) is 14.4 Å². The van der Waals surface area contributed by atoms with Crippen LogP contribution in [0.1, 0.15) is 49.9 Å². The van der Waals surface area contributed by atoms with E-state index in [0.717, 1.165) is 25.9 Å². The lowest BCUT2D eigenvalue weighted by Crippen LogP contribution is -2.38. The normalized spacial score (nSPS) is 26.2. The van der Waals surface area contributed by atoms with Crippen LogP contribution in [0.4, 0.5) is 5.69 Å². The molecule has 2 fully saturated rings. The SMILES string of the molecule is CC1=CC[C@H]2C(=O)N(c3ccc(C(=O)N4CCC(C)CC4)cc3)C(=O)[C@@H]2C1. The van der Waals surface area contributed by atoms with Gasteiger partial charge in [-0.1, -0.05) is 18.6 Å². The van der Waals surface area contributed by atoms with Gasteiger partial charge in [0.25, 0.3) is 5.91 Å². The van der Waals surface area contributed by atoms with Gasteiger partial charge in [-0.05, 0) is 62.8 Å². The quantitative estimate of drug-likeness (QED) is 0.595. The van der Waals surface area contributed by atoms with E-state index in [2.05, 4.69) is 13.0 Å². The van der Waals surface area contributed by atoms with Crippen LogP contribution < -0.4 is 4.90 Å². The van der Waals surface area contributed by atoms with Crippen molar-refractivity contribution in [2.24, 2.45) is 17.8 Å². The van der Waals surface area contributed by atoms with Gasteiger partial charge < -0.3 is 4.90 Å².